The Morgan fingerprint density at radius 2 is 2.21 bits per heavy atom. The molecule has 1 amide bonds. The average molecular weight is 487 g/mol. The van der Waals surface area contributed by atoms with Crippen molar-refractivity contribution in [3.05, 3.63) is 34.2 Å². The molecule has 1 atom stereocenters. The zero-order valence-electron chi connectivity index (χ0n) is 17.9. The fourth-order valence-corrected chi connectivity index (χ4v) is 3.86. The van der Waals surface area contributed by atoms with E-state index >= 15 is 0 Å². The Morgan fingerprint density at radius 3 is 2.91 bits per heavy atom. The van der Waals surface area contributed by atoms with E-state index in [-0.39, 0.29) is 24.9 Å². The van der Waals surface area contributed by atoms with Crippen LogP contribution in [0.4, 0.5) is 29.7 Å². The number of carbonyl (C=O) groups is 1. The second-order valence-corrected chi connectivity index (χ2v) is 8.31. The summed E-state index contributed by atoms with van der Waals surface area (Å²) >= 11 is 6.31. The third-order valence-corrected chi connectivity index (χ3v) is 5.46. The first kappa shape index (κ1) is 24.6. The zero-order valence-corrected chi connectivity index (χ0v) is 18.7. The summed E-state index contributed by atoms with van der Waals surface area (Å²) in [4.78, 5) is 13.8. The lowest BCUT2D eigenvalue weighted by Crippen LogP contribution is -2.62. The number of ether oxygens (including phenoxy) is 1. The highest BCUT2D eigenvalue weighted by atomic mass is 35.5. The van der Waals surface area contributed by atoms with Gasteiger partial charge in [0.15, 0.2) is 6.61 Å². The van der Waals surface area contributed by atoms with Gasteiger partial charge in [-0.25, -0.2) is 4.79 Å². The van der Waals surface area contributed by atoms with Crippen LogP contribution in [0.1, 0.15) is 23.9 Å². The number of hydrogen-bond donors (Lipinski definition) is 2. The van der Waals surface area contributed by atoms with Gasteiger partial charge >= 0.3 is 18.3 Å². The summed E-state index contributed by atoms with van der Waals surface area (Å²) in [5.41, 5.74) is 1.25. The lowest BCUT2D eigenvalue weighted by atomic mass is 9.87. The van der Waals surface area contributed by atoms with Crippen molar-refractivity contribution in [3.8, 4) is 6.07 Å². The Hall–Kier alpha value is -3.04. The topological polar surface area (TPSA) is 116 Å². The van der Waals surface area contributed by atoms with Crippen molar-refractivity contribution in [2.75, 3.05) is 31.6 Å². The first-order valence-electron chi connectivity index (χ1n) is 9.98. The Kier molecular flexibility index (Phi) is 7.34. The van der Waals surface area contributed by atoms with Gasteiger partial charge in [-0.15, -0.1) is 5.10 Å². The van der Waals surface area contributed by atoms with E-state index in [1.807, 2.05) is 13.0 Å². The molecule has 1 fully saturated rings. The van der Waals surface area contributed by atoms with E-state index in [1.165, 1.54) is 4.90 Å². The number of nitrogens with zero attached hydrogens (tertiary/aromatic N) is 4. The fourth-order valence-electron chi connectivity index (χ4n) is 3.62. The van der Waals surface area contributed by atoms with Crippen molar-refractivity contribution >= 4 is 29.4 Å². The summed E-state index contributed by atoms with van der Waals surface area (Å²) in [6.07, 6.45) is -5.36. The van der Waals surface area contributed by atoms with Gasteiger partial charge in [-0.05, 0) is 43.5 Å². The first-order valence-corrected chi connectivity index (χ1v) is 10.4. The summed E-state index contributed by atoms with van der Waals surface area (Å²) in [6.45, 7) is 2.93. The maximum absolute atomic E-state index is 12.5. The van der Waals surface area contributed by atoms with Crippen molar-refractivity contribution in [2.45, 2.75) is 38.4 Å². The van der Waals surface area contributed by atoms with Gasteiger partial charge in [0.2, 0.25) is 5.89 Å². The van der Waals surface area contributed by atoms with Crippen LogP contribution in [-0.4, -0.2) is 59.1 Å². The molecular weight excluding hydrogens is 465 g/mol. The monoisotopic (exact) mass is 486 g/mol. The smallest absolute Gasteiger partial charge is 0.422 e. The number of hydrogen-bond acceptors (Lipinski definition) is 8. The van der Waals surface area contributed by atoms with E-state index in [4.69, 9.17) is 21.3 Å². The van der Waals surface area contributed by atoms with Crippen molar-refractivity contribution < 1.29 is 27.1 Å². The molecule has 2 N–H and O–H groups in total. The van der Waals surface area contributed by atoms with Crippen LogP contribution in [0.15, 0.2) is 16.5 Å². The largest absolute Gasteiger partial charge is 0.440 e. The molecule has 0 spiro atoms. The molecule has 9 nitrogen and oxygen atoms in total. The molecular formula is C20H22ClF3N6O3. The number of carbonyl (C=O) groups excluding carboxylic acids is 1. The number of alkyl halides is 3. The summed E-state index contributed by atoms with van der Waals surface area (Å²) < 4.78 is 47.4. The van der Waals surface area contributed by atoms with Gasteiger partial charge in [-0.3, -0.25) is 4.90 Å². The first-order chi connectivity index (χ1) is 15.5. The molecule has 1 aromatic heterocycles. The molecule has 178 valence electrons. The number of halogens is 4. The second kappa shape index (κ2) is 9.84. The number of nitrogens with one attached hydrogen (secondary N) is 2. The lowest BCUT2D eigenvalue weighted by molar-refractivity contribution is -0.164. The van der Waals surface area contributed by atoms with Gasteiger partial charge < -0.3 is 19.8 Å². The molecule has 0 bridgehead atoms. The third kappa shape index (κ3) is 6.27. The lowest BCUT2D eigenvalue weighted by Gasteiger charge is -2.44. The van der Waals surface area contributed by atoms with Crippen LogP contribution in [0, 0.1) is 18.3 Å². The average Bonchev–Trinajstić information content (AvgIpc) is 3.16. The Balaban J connectivity index is 1.82. The molecule has 0 aliphatic carbocycles. The molecule has 13 heteroatoms. The summed E-state index contributed by atoms with van der Waals surface area (Å²) in [5, 5.41) is 22.9. The van der Waals surface area contributed by atoms with E-state index in [2.05, 4.69) is 25.6 Å². The number of amides is 1. The molecule has 1 aliphatic heterocycles. The van der Waals surface area contributed by atoms with Gasteiger partial charge in [-0.1, -0.05) is 16.7 Å². The zero-order chi connectivity index (χ0) is 24.2. The van der Waals surface area contributed by atoms with Crippen molar-refractivity contribution in [1.82, 2.24) is 20.4 Å². The van der Waals surface area contributed by atoms with E-state index in [9.17, 15) is 18.0 Å². The van der Waals surface area contributed by atoms with Gasteiger partial charge in [0.05, 0.1) is 11.6 Å². The third-order valence-electron chi connectivity index (χ3n) is 5.24. The molecule has 2 heterocycles. The SMILES string of the molecule is Cc1c(C[C@@]2(C)CNCCN2C(=O)OCC(F)(F)F)cc(Cl)cc1Nc1nnc(CC#N)o1. The minimum atomic E-state index is -4.61. The number of anilines is 2. The Bertz CT molecular complexity index is 1050. The van der Waals surface area contributed by atoms with Crippen molar-refractivity contribution in [2.24, 2.45) is 0 Å². The predicted molar refractivity (Wildman–Crippen MR) is 112 cm³/mol. The summed E-state index contributed by atoms with van der Waals surface area (Å²) in [6, 6.07) is 5.39. The maximum atomic E-state index is 12.5. The summed E-state index contributed by atoms with van der Waals surface area (Å²) in [7, 11) is 0. The van der Waals surface area contributed by atoms with Crippen molar-refractivity contribution in [1.29, 1.82) is 5.26 Å². The normalized spacial score (nSPS) is 18.6. The number of rotatable bonds is 6. The number of piperazine rings is 1. The van der Waals surface area contributed by atoms with Gasteiger partial charge in [-0.2, -0.15) is 18.4 Å². The molecule has 33 heavy (non-hydrogen) atoms. The van der Waals surface area contributed by atoms with Crippen LogP contribution >= 0.6 is 11.6 Å². The molecule has 0 unspecified atom stereocenters. The number of aromatic nitrogens is 2. The molecule has 1 aliphatic rings. The second-order valence-electron chi connectivity index (χ2n) is 7.87. The molecule has 0 saturated carbocycles. The van der Waals surface area contributed by atoms with Crippen LogP contribution in [0.5, 0.6) is 0 Å². The van der Waals surface area contributed by atoms with E-state index in [1.54, 1.807) is 19.1 Å². The van der Waals surface area contributed by atoms with Crippen molar-refractivity contribution in [3.63, 3.8) is 0 Å². The highest BCUT2D eigenvalue weighted by Gasteiger charge is 2.40. The van der Waals surface area contributed by atoms with Gasteiger partial charge in [0.1, 0.15) is 6.42 Å². The van der Waals surface area contributed by atoms with Crippen LogP contribution in [-0.2, 0) is 17.6 Å². The van der Waals surface area contributed by atoms with E-state index in [0.717, 1.165) is 11.1 Å². The number of benzene rings is 1. The summed E-state index contributed by atoms with van der Waals surface area (Å²) in [5.74, 6) is 0.161. The van der Waals surface area contributed by atoms with Crippen LogP contribution < -0.4 is 10.6 Å². The molecule has 1 aromatic carbocycles. The highest BCUT2D eigenvalue weighted by molar-refractivity contribution is 6.31. The van der Waals surface area contributed by atoms with E-state index in [0.29, 0.717) is 30.2 Å². The Morgan fingerprint density at radius 1 is 1.45 bits per heavy atom. The molecule has 2 aromatic rings. The standard InChI is InChI=1S/C20H22ClF3N6O3/c1-12-13(7-14(21)8-15(12)27-17-29-28-16(33-17)3-4-25)9-19(2)10-26-5-6-30(19)18(31)32-11-20(22,23)24/h7-8,26H,3,5-6,9-11H2,1-2H3,(H,27,29)/t19-/m0/s1. The maximum Gasteiger partial charge on any atom is 0.422 e. The molecule has 1 saturated heterocycles. The van der Waals surface area contributed by atoms with Gasteiger partial charge in [0, 0.05) is 30.3 Å². The fraction of sp³-hybridized carbons (Fsp3) is 0.500. The minimum absolute atomic E-state index is 0.0277. The minimum Gasteiger partial charge on any atom is -0.440 e. The quantitative estimate of drug-likeness (QED) is 0.634. The molecule has 0 radical (unpaired) electrons. The Labute approximate surface area is 192 Å². The van der Waals surface area contributed by atoms with Gasteiger partial charge in [0.25, 0.3) is 0 Å². The number of nitriles is 1. The van der Waals surface area contributed by atoms with E-state index < -0.39 is 24.4 Å². The molecule has 3 rings (SSSR count). The van der Waals surface area contributed by atoms with Crippen LogP contribution in [0.3, 0.4) is 0 Å². The highest BCUT2D eigenvalue weighted by Crippen LogP contribution is 2.32. The van der Waals surface area contributed by atoms with Crippen LogP contribution in [0.25, 0.3) is 0 Å². The van der Waals surface area contributed by atoms with Crippen LogP contribution in [0.2, 0.25) is 5.02 Å². The predicted octanol–water partition coefficient (Wildman–Crippen LogP) is 3.75.